The van der Waals surface area contributed by atoms with Crippen LogP contribution in [0.1, 0.15) is 5.69 Å². The SMILES string of the molecule is CSc1nn2c(Cl)cc(C)nc2c1S(=O)(=O)c1cccs1. The topological polar surface area (TPSA) is 64.3 Å². The van der Waals surface area contributed by atoms with Gasteiger partial charge in [0.25, 0.3) is 0 Å². The van der Waals surface area contributed by atoms with E-state index in [1.807, 2.05) is 0 Å². The molecule has 0 unspecified atom stereocenters. The average Bonchev–Trinajstić information content (AvgIpc) is 3.05. The lowest BCUT2D eigenvalue weighted by molar-refractivity contribution is 0.596. The van der Waals surface area contributed by atoms with Crippen molar-refractivity contribution < 1.29 is 8.42 Å². The second-order valence-electron chi connectivity index (χ2n) is 4.23. The number of thiophene rings is 1. The summed E-state index contributed by atoms with van der Waals surface area (Å²) in [5.74, 6) is 0. The molecule has 0 aromatic carbocycles. The lowest BCUT2D eigenvalue weighted by Crippen LogP contribution is -2.02. The van der Waals surface area contributed by atoms with Crippen molar-refractivity contribution in [2.45, 2.75) is 21.1 Å². The minimum absolute atomic E-state index is 0.114. The van der Waals surface area contributed by atoms with E-state index in [0.29, 0.717) is 15.9 Å². The first kappa shape index (κ1) is 14.8. The quantitative estimate of drug-likeness (QED) is 0.530. The molecule has 0 radical (unpaired) electrons. The summed E-state index contributed by atoms with van der Waals surface area (Å²) >= 11 is 8.56. The molecule has 0 N–H and O–H groups in total. The lowest BCUT2D eigenvalue weighted by Gasteiger charge is -2.02. The van der Waals surface area contributed by atoms with Crippen LogP contribution in [-0.2, 0) is 9.84 Å². The third-order valence-electron chi connectivity index (χ3n) is 2.82. The molecule has 110 valence electrons. The Labute approximate surface area is 134 Å². The van der Waals surface area contributed by atoms with Gasteiger partial charge in [-0.3, -0.25) is 0 Å². The van der Waals surface area contributed by atoms with Gasteiger partial charge in [0.05, 0.1) is 0 Å². The second-order valence-corrected chi connectivity index (χ2v) is 8.47. The number of hydrogen-bond donors (Lipinski definition) is 0. The molecular formula is C12H10ClN3O2S3. The Bertz CT molecular complexity index is 917. The minimum Gasteiger partial charge on any atom is -0.233 e. The molecule has 0 atom stereocenters. The highest BCUT2D eigenvalue weighted by atomic mass is 35.5. The zero-order valence-corrected chi connectivity index (χ0v) is 14.3. The minimum atomic E-state index is -3.66. The van der Waals surface area contributed by atoms with Gasteiger partial charge in [-0.05, 0) is 30.7 Å². The van der Waals surface area contributed by atoms with Gasteiger partial charge in [-0.2, -0.15) is 5.10 Å². The summed E-state index contributed by atoms with van der Waals surface area (Å²) in [6.45, 7) is 1.76. The van der Waals surface area contributed by atoms with E-state index in [0.717, 1.165) is 0 Å². The molecule has 0 bridgehead atoms. The van der Waals surface area contributed by atoms with Crippen LogP contribution in [0.15, 0.2) is 37.7 Å². The van der Waals surface area contributed by atoms with Gasteiger partial charge in [-0.25, -0.2) is 17.9 Å². The smallest absolute Gasteiger partial charge is 0.222 e. The molecule has 3 rings (SSSR count). The fraction of sp³-hybridized carbons (Fsp3) is 0.167. The number of aryl methyl sites for hydroxylation is 1. The zero-order chi connectivity index (χ0) is 15.2. The summed E-state index contributed by atoms with van der Waals surface area (Å²) < 4.78 is 27.3. The Morgan fingerprint density at radius 3 is 2.81 bits per heavy atom. The number of thioether (sulfide) groups is 1. The molecule has 0 saturated heterocycles. The molecule has 9 heteroatoms. The van der Waals surface area contributed by atoms with Crippen molar-refractivity contribution in [2.75, 3.05) is 6.26 Å². The largest absolute Gasteiger partial charge is 0.233 e. The maximum Gasteiger partial charge on any atom is 0.222 e. The normalized spacial score (nSPS) is 12.1. The third-order valence-corrected chi connectivity index (χ3v) is 7.08. The Morgan fingerprint density at radius 1 is 1.43 bits per heavy atom. The predicted octanol–water partition coefficient (Wildman–Crippen LogP) is 3.31. The molecule has 21 heavy (non-hydrogen) atoms. The van der Waals surface area contributed by atoms with E-state index in [9.17, 15) is 8.42 Å². The first-order valence-corrected chi connectivity index (χ1v) is 9.80. The number of hydrogen-bond acceptors (Lipinski definition) is 6. The fourth-order valence-corrected chi connectivity index (χ4v) is 5.71. The van der Waals surface area contributed by atoms with Crippen LogP contribution >= 0.6 is 34.7 Å². The molecule has 0 aliphatic heterocycles. The van der Waals surface area contributed by atoms with Gasteiger partial charge >= 0.3 is 0 Å². The third kappa shape index (κ3) is 2.36. The van der Waals surface area contributed by atoms with Crippen molar-refractivity contribution in [1.29, 1.82) is 0 Å². The number of halogens is 1. The Hall–Kier alpha value is -1.09. The van der Waals surface area contributed by atoms with Crippen LogP contribution in [0.5, 0.6) is 0 Å². The van der Waals surface area contributed by atoms with Crippen LogP contribution in [-0.4, -0.2) is 29.3 Å². The van der Waals surface area contributed by atoms with E-state index in [4.69, 9.17) is 11.6 Å². The maximum atomic E-state index is 12.8. The Balaban J connectivity index is 2.42. The van der Waals surface area contributed by atoms with Crippen LogP contribution in [0, 0.1) is 6.92 Å². The second kappa shape index (κ2) is 5.28. The average molecular weight is 360 g/mol. The Morgan fingerprint density at radius 2 is 2.19 bits per heavy atom. The van der Waals surface area contributed by atoms with Crippen molar-refractivity contribution in [1.82, 2.24) is 14.6 Å². The van der Waals surface area contributed by atoms with Crippen molar-refractivity contribution in [3.05, 3.63) is 34.4 Å². The van der Waals surface area contributed by atoms with E-state index in [1.54, 1.807) is 36.8 Å². The first-order valence-electron chi connectivity index (χ1n) is 5.83. The molecular weight excluding hydrogens is 350 g/mol. The van der Waals surface area contributed by atoms with Crippen molar-refractivity contribution in [3.8, 4) is 0 Å². The van der Waals surface area contributed by atoms with Gasteiger partial charge in [0, 0.05) is 5.69 Å². The van der Waals surface area contributed by atoms with Crippen LogP contribution < -0.4 is 0 Å². The number of fused-ring (bicyclic) bond motifs is 1. The summed E-state index contributed by atoms with van der Waals surface area (Å²) in [6, 6.07) is 4.92. The summed E-state index contributed by atoms with van der Waals surface area (Å²) in [4.78, 5) is 4.42. The number of nitrogens with zero attached hydrogens (tertiary/aromatic N) is 3. The van der Waals surface area contributed by atoms with Crippen LogP contribution in [0.3, 0.4) is 0 Å². The maximum absolute atomic E-state index is 12.8. The fourth-order valence-electron chi connectivity index (χ4n) is 1.94. The van der Waals surface area contributed by atoms with Gasteiger partial charge < -0.3 is 0 Å². The van der Waals surface area contributed by atoms with Gasteiger partial charge in [0.1, 0.15) is 14.4 Å². The van der Waals surface area contributed by atoms with Gasteiger partial charge in [0.2, 0.25) is 9.84 Å². The van der Waals surface area contributed by atoms with Crippen molar-refractivity contribution in [3.63, 3.8) is 0 Å². The van der Waals surface area contributed by atoms with Crippen LogP contribution in [0.25, 0.3) is 5.65 Å². The van der Waals surface area contributed by atoms with Gasteiger partial charge in [-0.1, -0.05) is 17.7 Å². The zero-order valence-electron chi connectivity index (χ0n) is 11.1. The molecule has 0 spiro atoms. The molecule has 5 nitrogen and oxygen atoms in total. The van der Waals surface area contributed by atoms with Crippen molar-refractivity contribution in [2.24, 2.45) is 0 Å². The Kier molecular flexibility index (Phi) is 3.73. The van der Waals surface area contributed by atoms with E-state index in [2.05, 4.69) is 10.1 Å². The first-order chi connectivity index (χ1) is 9.95. The van der Waals surface area contributed by atoms with Crippen LogP contribution in [0.4, 0.5) is 0 Å². The van der Waals surface area contributed by atoms with E-state index in [-0.39, 0.29) is 14.8 Å². The van der Waals surface area contributed by atoms with E-state index < -0.39 is 9.84 Å². The summed E-state index contributed by atoms with van der Waals surface area (Å²) in [5.41, 5.74) is 0.903. The molecule has 0 aliphatic carbocycles. The standard InChI is InChI=1S/C12H10ClN3O2S3/c1-7-6-8(13)16-11(14-7)10(12(15-16)19-2)21(17,18)9-4-3-5-20-9/h3-6H,1-2H3. The lowest BCUT2D eigenvalue weighted by atomic mass is 10.4. The van der Waals surface area contributed by atoms with Gasteiger partial charge in [-0.15, -0.1) is 23.1 Å². The molecule has 3 aromatic rings. The van der Waals surface area contributed by atoms with Gasteiger partial charge in [0.15, 0.2) is 10.5 Å². The van der Waals surface area contributed by atoms with E-state index in [1.165, 1.54) is 27.6 Å². The number of aromatic nitrogens is 3. The monoisotopic (exact) mass is 359 g/mol. The predicted molar refractivity (Wildman–Crippen MR) is 84.3 cm³/mol. The van der Waals surface area contributed by atoms with Crippen molar-refractivity contribution >= 4 is 50.2 Å². The molecule has 0 aliphatic rings. The highest BCUT2D eigenvalue weighted by molar-refractivity contribution is 8.00. The molecule has 0 fully saturated rings. The summed E-state index contributed by atoms with van der Waals surface area (Å²) in [6.07, 6.45) is 1.77. The summed E-state index contributed by atoms with van der Waals surface area (Å²) in [7, 11) is -3.66. The number of rotatable bonds is 3. The van der Waals surface area contributed by atoms with Crippen LogP contribution in [0.2, 0.25) is 5.15 Å². The highest BCUT2D eigenvalue weighted by Gasteiger charge is 2.29. The molecule has 0 amide bonds. The van der Waals surface area contributed by atoms with E-state index >= 15 is 0 Å². The molecule has 3 heterocycles. The highest BCUT2D eigenvalue weighted by Crippen LogP contribution is 2.34. The number of sulfone groups is 1. The molecule has 0 saturated carbocycles. The summed E-state index contributed by atoms with van der Waals surface area (Å²) in [5, 5.41) is 6.71. The molecule has 3 aromatic heterocycles.